The van der Waals surface area contributed by atoms with Crippen molar-refractivity contribution in [1.29, 1.82) is 0 Å². The normalized spacial score (nSPS) is 14.1. The SMILES string of the molecule is CCCCOC=C(COC)C(C)OC. The maximum atomic E-state index is 5.39. The van der Waals surface area contributed by atoms with Gasteiger partial charge in [-0.15, -0.1) is 0 Å². The van der Waals surface area contributed by atoms with Gasteiger partial charge in [-0.2, -0.15) is 0 Å². The molecule has 0 bridgehead atoms. The second-order valence-electron chi connectivity index (χ2n) is 3.23. The van der Waals surface area contributed by atoms with Gasteiger partial charge in [-0.3, -0.25) is 0 Å². The number of rotatable bonds is 8. The standard InChI is InChI=1S/C11H22O3/c1-5-6-7-14-9-11(8-12-3)10(2)13-4/h9-10H,5-8H2,1-4H3. The van der Waals surface area contributed by atoms with Crippen LogP contribution in [0.5, 0.6) is 0 Å². The lowest BCUT2D eigenvalue weighted by atomic mass is 10.2. The van der Waals surface area contributed by atoms with E-state index in [9.17, 15) is 0 Å². The lowest BCUT2D eigenvalue weighted by Gasteiger charge is -2.13. The van der Waals surface area contributed by atoms with E-state index in [0.717, 1.165) is 25.0 Å². The van der Waals surface area contributed by atoms with Crippen molar-refractivity contribution >= 4 is 0 Å². The van der Waals surface area contributed by atoms with Gasteiger partial charge in [0.1, 0.15) is 0 Å². The molecular formula is C11H22O3. The topological polar surface area (TPSA) is 27.7 Å². The number of ether oxygens (including phenoxy) is 3. The van der Waals surface area contributed by atoms with Crippen LogP contribution in [0.15, 0.2) is 11.8 Å². The Labute approximate surface area is 87.0 Å². The van der Waals surface area contributed by atoms with Crippen LogP contribution in [0.3, 0.4) is 0 Å². The van der Waals surface area contributed by atoms with Crippen molar-refractivity contribution in [3.8, 4) is 0 Å². The number of hydrogen-bond donors (Lipinski definition) is 0. The molecular weight excluding hydrogens is 180 g/mol. The van der Waals surface area contributed by atoms with Crippen molar-refractivity contribution in [3.63, 3.8) is 0 Å². The zero-order chi connectivity index (χ0) is 10.8. The molecule has 0 aromatic carbocycles. The first kappa shape index (κ1) is 13.5. The van der Waals surface area contributed by atoms with Crippen molar-refractivity contribution in [3.05, 3.63) is 11.8 Å². The van der Waals surface area contributed by atoms with E-state index in [1.807, 2.05) is 6.92 Å². The molecule has 0 aliphatic rings. The minimum atomic E-state index is 0.0524. The van der Waals surface area contributed by atoms with Crippen LogP contribution in [0.4, 0.5) is 0 Å². The van der Waals surface area contributed by atoms with E-state index < -0.39 is 0 Å². The summed E-state index contributed by atoms with van der Waals surface area (Å²) < 4.78 is 15.6. The van der Waals surface area contributed by atoms with Gasteiger partial charge in [0.15, 0.2) is 0 Å². The summed E-state index contributed by atoms with van der Waals surface area (Å²) in [6.45, 7) is 5.44. The molecule has 0 saturated heterocycles. The third-order valence-electron chi connectivity index (χ3n) is 2.04. The van der Waals surface area contributed by atoms with E-state index >= 15 is 0 Å². The fourth-order valence-electron chi connectivity index (χ4n) is 0.959. The lowest BCUT2D eigenvalue weighted by molar-refractivity contribution is 0.116. The molecule has 84 valence electrons. The quantitative estimate of drug-likeness (QED) is 0.447. The maximum absolute atomic E-state index is 5.39. The van der Waals surface area contributed by atoms with E-state index in [2.05, 4.69) is 6.92 Å². The minimum Gasteiger partial charge on any atom is -0.501 e. The average molecular weight is 202 g/mol. The molecule has 0 radical (unpaired) electrons. The molecule has 0 fully saturated rings. The van der Waals surface area contributed by atoms with Crippen molar-refractivity contribution in [1.82, 2.24) is 0 Å². The smallest absolute Gasteiger partial charge is 0.0873 e. The lowest BCUT2D eigenvalue weighted by Crippen LogP contribution is -2.13. The van der Waals surface area contributed by atoms with Crippen molar-refractivity contribution in [2.45, 2.75) is 32.8 Å². The Kier molecular flexibility index (Phi) is 8.68. The summed E-state index contributed by atoms with van der Waals surface area (Å²) >= 11 is 0. The van der Waals surface area contributed by atoms with Crippen molar-refractivity contribution in [2.75, 3.05) is 27.4 Å². The largest absolute Gasteiger partial charge is 0.501 e. The van der Waals surface area contributed by atoms with Gasteiger partial charge in [-0.25, -0.2) is 0 Å². The molecule has 0 N–H and O–H groups in total. The highest BCUT2D eigenvalue weighted by Crippen LogP contribution is 2.06. The molecule has 0 rings (SSSR count). The summed E-state index contributed by atoms with van der Waals surface area (Å²) in [6.07, 6.45) is 4.04. The Bertz CT molecular complexity index is 155. The second kappa shape index (κ2) is 9.03. The summed E-state index contributed by atoms with van der Waals surface area (Å²) in [7, 11) is 3.35. The molecule has 1 unspecified atom stereocenters. The number of hydrogen-bond acceptors (Lipinski definition) is 3. The molecule has 14 heavy (non-hydrogen) atoms. The Morgan fingerprint density at radius 2 is 2.07 bits per heavy atom. The number of unbranched alkanes of at least 4 members (excludes halogenated alkanes) is 1. The fourth-order valence-corrected chi connectivity index (χ4v) is 0.959. The predicted molar refractivity (Wildman–Crippen MR) is 57.3 cm³/mol. The third-order valence-corrected chi connectivity index (χ3v) is 2.04. The highest BCUT2D eigenvalue weighted by molar-refractivity contribution is 5.04. The van der Waals surface area contributed by atoms with Crippen LogP contribution in [-0.4, -0.2) is 33.5 Å². The van der Waals surface area contributed by atoms with Gasteiger partial charge in [-0.05, 0) is 13.3 Å². The second-order valence-corrected chi connectivity index (χ2v) is 3.23. The van der Waals surface area contributed by atoms with Crippen LogP contribution in [0.25, 0.3) is 0 Å². The summed E-state index contributed by atoms with van der Waals surface area (Å²) in [5, 5.41) is 0. The van der Waals surface area contributed by atoms with E-state index in [1.165, 1.54) is 0 Å². The van der Waals surface area contributed by atoms with E-state index in [1.54, 1.807) is 20.5 Å². The van der Waals surface area contributed by atoms with Crippen LogP contribution in [0.1, 0.15) is 26.7 Å². The zero-order valence-electron chi connectivity index (χ0n) is 9.71. The van der Waals surface area contributed by atoms with Crippen LogP contribution in [0.2, 0.25) is 0 Å². The average Bonchev–Trinajstić information content (AvgIpc) is 2.21. The van der Waals surface area contributed by atoms with Gasteiger partial charge in [0, 0.05) is 19.8 Å². The maximum Gasteiger partial charge on any atom is 0.0873 e. The van der Waals surface area contributed by atoms with Crippen molar-refractivity contribution < 1.29 is 14.2 Å². The summed E-state index contributed by atoms with van der Waals surface area (Å²) in [6, 6.07) is 0. The monoisotopic (exact) mass is 202 g/mol. The summed E-state index contributed by atoms with van der Waals surface area (Å²) in [5.41, 5.74) is 1.03. The van der Waals surface area contributed by atoms with Gasteiger partial charge >= 0.3 is 0 Å². The van der Waals surface area contributed by atoms with Crippen LogP contribution >= 0.6 is 0 Å². The van der Waals surface area contributed by atoms with Gasteiger partial charge in [-0.1, -0.05) is 13.3 Å². The Hall–Kier alpha value is -0.540. The molecule has 0 saturated carbocycles. The summed E-state index contributed by atoms with van der Waals surface area (Å²) in [4.78, 5) is 0. The molecule has 0 aromatic rings. The molecule has 0 heterocycles. The zero-order valence-corrected chi connectivity index (χ0v) is 9.71. The van der Waals surface area contributed by atoms with Gasteiger partial charge in [0.05, 0.1) is 25.6 Å². The first-order valence-corrected chi connectivity index (χ1v) is 5.08. The first-order chi connectivity index (χ1) is 6.76. The van der Waals surface area contributed by atoms with Crippen LogP contribution in [-0.2, 0) is 14.2 Å². The predicted octanol–water partition coefficient (Wildman–Crippen LogP) is 2.37. The Morgan fingerprint density at radius 3 is 2.57 bits per heavy atom. The molecule has 0 amide bonds. The number of methoxy groups -OCH3 is 2. The van der Waals surface area contributed by atoms with Gasteiger partial charge < -0.3 is 14.2 Å². The molecule has 0 aliphatic carbocycles. The Morgan fingerprint density at radius 1 is 1.36 bits per heavy atom. The highest BCUT2D eigenvalue weighted by Gasteiger charge is 2.07. The minimum absolute atomic E-state index is 0.0524. The van der Waals surface area contributed by atoms with Gasteiger partial charge in [0.25, 0.3) is 0 Å². The Balaban J connectivity index is 3.91. The van der Waals surface area contributed by atoms with E-state index in [0.29, 0.717) is 6.61 Å². The molecule has 0 spiro atoms. The van der Waals surface area contributed by atoms with Crippen molar-refractivity contribution in [2.24, 2.45) is 0 Å². The summed E-state index contributed by atoms with van der Waals surface area (Å²) in [5.74, 6) is 0. The molecule has 3 nitrogen and oxygen atoms in total. The molecule has 1 atom stereocenters. The van der Waals surface area contributed by atoms with E-state index in [-0.39, 0.29) is 6.10 Å². The fraction of sp³-hybridized carbons (Fsp3) is 0.818. The van der Waals surface area contributed by atoms with Crippen LogP contribution in [0, 0.1) is 0 Å². The first-order valence-electron chi connectivity index (χ1n) is 5.08. The van der Waals surface area contributed by atoms with E-state index in [4.69, 9.17) is 14.2 Å². The third kappa shape index (κ3) is 6.00. The molecule has 0 aromatic heterocycles. The molecule has 0 aliphatic heterocycles. The van der Waals surface area contributed by atoms with Crippen LogP contribution < -0.4 is 0 Å². The van der Waals surface area contributed by atoms with Gasteiger partial charge in [0.2, 0.25) is 0 Å². The highest BCUT2D eigenvalue weighted by atomic mass is 16.5. The molecule has 3 heteroatoms.